The number of aryl methyl sites for hydroxylation is 1. The van der Waals surface area contributed by atoms with Crippen LogP contribution in [0.15, 0.2) is 12.3 Å². The molecule has 0 bridgehead atoms. The topological polar surface area (TPSA) is 29.9 Å². The number of hydrogen-bond donors (Lipinski definition) is 1. The van der Waals surface area contributed by atoms with Crippen LogP contribution in [0.25, 0.3) is 0 Å². The lowest BCUT2D eigenvalue weighted by Crippen LogP contribution is -2.33. The molecule has 1 N–H and O–H groups in total. The lowest BCUT2D eigenvalue weighted by Gasteiger charge is -2.27. The van der Waals surface area contributed by atoms with Gasteiger partial charge in [0, 0.05) is 19.2 Å². The summed E-state index contributed by atoms with van der Waals surface area (Å²) in [5, 5.41) is 7.88. The number of aromatic nitrogens is 2. The van der Waals surface area contributed by atoms with Crippen LogP contribution in [0.5, 0.6) is 0 Å². The fourth-order valence-corrected chi connectivity index (χ4v) is 2.08. The van der Waals surface area contributed by atoms with Gasteiger partial charge in [-0.3, -0.25) is 4.68 Å². The first-order valence-electron chi connectivity index (χ1n) is 4.97. The van der Waals surface area contributed by atoms with Crippen molar-refractivity contribution in [1.82, 2.24) is 15.1 Å². The molecule has 0 saturated carbocycles. The molecule has 0 aromatic carbocycles. The maximum absolute atomic E-state index is 4.47. The van der Waals surface area contributed by atoms with Crippen molar-refractivity contribution in [3.63, 3.8) is 0 Å². The Bertz CT molecular complexity index is 279. The molecule has 1 fully saturated rings. The van der Waals surface area contributed by atoms with Crippen LogP contribution in [0.4, 0.5) is 0 Å². The highest BCUT2D eigenvalue weighted by Crippen LogP contribution is 2.28. The monoisotopic (exact) mass is 179 g/mol. The van der Waals surface area contributed by atoms with Crippen molar-refractivity contribution in [3.05, 3.63) is 18.0 Å². The highest BCUT2D eigenvalue weighted by Gasteiger charge is 2.24. The first-order chi connectivity index (χ1) is 6.27. The predicted octanol–water partition coefficient (Wildman–Crippen LogP) is 1.13. The van der Waals surface area contributed by atoms with Gasteiger partial charge in [0.2, 0.25) is 0 Å². The molecular formula is C10H17N3. The number of nitrogens with zero attached hydrogens (tertiary/aromatic N) is 2. The van der Waals surface area contributed by atoms with E-state index in [-0.39, 0.29) is 0 Å². The summed E-state index contributed by atoms with van der Waals surface area (Å²) in [4.78, 5) is 0. The van der Waals surface area contributed by atoms with Gasteiger partial charge in [0.05, 0.1) is 5.69 Å². The smallest absolute Gasteiger partial charge is 0.0658 e. The molecule has 13 heavy (non-hydrogen) atoms. The number of nitrogens with one attached hydrogen (secondary N) is 1. The summed E-state index contributed by atoms with van der Waals surface area (Å²) < 4.78 is 1.89. The normalized spacial score (nSPS) is 29.1. The van der Waals surface area contributed by atoms with Crippen LogP contribution in [0.1, 0.15) is 25.0 Å². The average Bonchev–Trinajstić information content (AvgIpc) is 2.53. The minimum atomic E-state index is 0.655. The van der Waals surface area contributed by atoms with Crippen molar-refractivity contribution in [3.8, 4) is 0 Å². The third-order valence-corrected chi connectivity index (χ3v) is 2.90. The van der Waals surface area contributed by atoms with Gasteiger partial charge in [0.15, 0.2) is 0 Å². The molecule has 2 heterocycles. The van der Waals surface area contributed by atoms with E-state index >= 15 is 0 Å². The Morgan fingerprint density at radius 2 is 2.46 bits per heavy atom. The molecule has 2 unspecified atom stereocenters. The van der Waals surface area contributed by atoms with Gasteiger partial charge in [0.1, 0.15) is 0 Å². The van der Waals surface area contributed by atoms with E-state index in [1.807, 2.05) is 17.9 Å². The van der Waals surface area contributed by atoms with Crippen LogP contribution in [0, 0.1) is 5.92 Å². The molecule has 0 aliphatic carbocycles. The number of rotatable bonds is 1. The predicted molar refractivity (Wildman–Crippen MR) is 52.6 cm³/mol. The Balaban J connectivity index is 2.14. The fourth-order valence-electron chi connectivity index (χ4n) is 2.08. The van der Waals surface area contributed by atoms with Gasteiger partial charge in [-0.25, -0.2) is 0 Å². The zero-order chi connectivity index (χ0) is 9.26. The summed E-state index contributed by atoms with van der Waals surface area (Å²) in [5.41, 5.74) is 1.26. The van der Waals surface area contributed by atoms with E-state index < -0.39 is 0 Å². The van der Waals surface area contributed by atoms with Crippen LogP contribution in [0.3, 0.4) is 0 Å². The van der Waals surface area contributed by atoms with Crippen molar-refractivity contribution < 1.29 is 0 Å². The van der Waals surface area contributed by atoms with E-state index in [0.29, 0.717) is 11.8 Å². The Labute approximate surface area is 79.1 Å². The maximum atomic E-state index is 4.47. The van der Waals surface area contributed by atoms with Gasteiger partial charge in [-0.1, -0.05) is 6.92 Å². The molecule has 1 aromatic rings. The van der Waals surface area contributed by atoms with E-state index in [1.54, 1.807) is 0 Å². The van der Waals surface area contributed by atoms with E-state index in [2.05, 4.69) is 23.4 Å². The highest BCUT2D eigenvalue weighted by molar-refractivity contribution is 5.09. The second kappa shape index (κ2) is 3.50. The number of hydrogen-bond acceptors (Lipinski definition) is 2. The molecule has 2 rings (SSSR count). The molecule has 72 valence electrons. The first-order valence-corrected chi connectivity index (χ1v) is 4.97. The summed E-state index contributed by atoms with van der Waals surface area (Å²) in [5.74, 6) is 1.37. The second-order valence-corrected chi connectivity index (χ2v) is 3.99. The molecule has 1 aliphatic heterocycles. The Morgan fingerprint density at radius 3 is 3.08 bits per heavy atom. The number of piperidine rings is 1. The van der Waals surface area contributed by atoms with Crippen LogP contribution >= 0.6 is 0 Å². The third-order valence-electron chi connectivity index (χ3n) is 2.90. The fraction of sp³-hybridized carbons (Fsp3) is 0.700. The summed E-state index contributed by atoms with van der Waals surface area (Å²) in [6.45, 7) is 4.55. The average molecular weight is 179 g/mol. The minimum Gasteiger partial charge on any atom is -0.316 e. The van der Waals surface area contributed by atoms with Crippen molar-refractivity contribution in [1.29, 1.82) is 0 Å². The molecule has 3 heteroatoms. The second-order valence-electron chi connectivity index (χ2n) is 3.99. The van der Waals surface area contributed by atoms with Gasteiger partial charge < -0.3 is 5.32 Å². The molecule has 3 nitrogen and oxygen atoms in total. The van der Waals surface area contributed by atoms with Gasteiger partial charge in [-0.05, 0) is 31.5 Å². The molecule has 0 radical (unpaired) electrons. The summed E-state index contributed by atoms with van der Waals surface area (Å²) >= 11 is 0. The van der Waals surface area contributed by atoms with E-state index in [4.69, 9.17) is 0 Å². The molecule has 1 aliphatic rings. The molecular weight excluding hydrogens is 162 g/mol. The van der Waals surface area contributed by atoms with Crippen LogP contribution in [-0.2, 0) is 7.05 Å². The summed E-state index contributed by atoms with van der Waals surface area (Å²) in [6.07, 6.45) is 3.25. The van der Waals surface area contributed by atoms with Crippen molar-refractivity contribution in [2.24, 2.45) is 13.0 Å². The van der Waals surface area contributed by atoms with E-state index in [0.717, 1.165) is 13.1 Å². The molecule has 1 saturated heterocycles. The molecule has 0 amide bonds. The Hall–Kier alpha value is -0.830. The molecule has 1 aromatic heterocycles. The molecule has 0 spiro atoms. The largest absolute Gasteiger partial charge is 0.316 e. The third kappa shape index (κ3) is 1.75. The van der Waals surface area contributed by atoms with Gasteiger partial charge in [-0.15, -0.1) is 0 Å². The lowest BCUT2D eigenvalue weighted by molar-refractivity contribution is 0.342. The van der Waals surface area contributed by atoms with Gasteiger partial charge >= 0.3 is 0 Å². The Kier molecular flexibility index (Phi) is 2.36. The quantitative estimate of drug-likeness (QED) is 0.700. The van der Waals surface area contributed by atoms with E-state index in [1.165, 1.54) is 12.1 Å². The van der Waals surface area contributed by atoms with E-state index in [9.17, 15) is 0 Å². The first kappa shape index (κ1) is 8.75. The maximum Gasteiger partial charge on any atom is 0.0658 e. The van der Waals surface area contributed by atoms with Crippen molar-refractivity contribution in [2.75, 3.05) is 13.1 Å². The molecule has 2 atom stereocenters. The van der Waals surface area contributed by atoms with Crippen LogP contribution in [0.2, 0.25) is 0 Å². The van der Waals surface area contributed by atoms with Gasteiger partial charge in [-0.2, -0.15) is 5.10 Å². The van der Waals surface area contributed by atoms with Crippen LogP contribution < -0.4 is 5.32 Å². The highest BCUT2D eigenvalue weighted by atomic mass is 15.2. The standard InChI is InChI=1S/C10H17N3/c1-8-7-11-5-3-9(8)10-4-6-13(2)12-10/h4,6,8-9,11H,3,5,7H2,1-2H3. The van der Waals surface area contributed by atoms with Crippen LogP contribution in [-0.4, -0.2) is 22.9 Å². The zero-order valence-electron chi connectivity index (χ0n) is 8.33. The van der Waals surface area contributed by atoms with Crippen molar-refractivity contribution in [2.45, 2.75) is 19.3 Å². The summed E-state index contributed by atoms with van der Waals surface area (Å²) in [7, 11) is 1.98. The Morgan fingerprint density at radius 1 is 1.62 bits per heavy atom. The minimum absolute atomic E-state index is 0.655. The summed E-state index contributed by atoms with van der Waals surface area (Å²) in [6, 6.07) is 2.15. The van der Waals surface area contributed by atoms with Gasteiger partial charge in [0.25, 0.3) is 0 Å². The zero-order valence-corrected chi connectivity index (χ0v) is 8.33. The van der Waals surface area contributed by atoms with Crippen molar-refractivity contribution >= 4 is 0 Å². The lowest BCUT2D eigenvalue weighted by atomic mass is 9.85. The SMILES string of the molecule is CC1CNCCC1c1ccn(C)n1.